The fourth-order valence-electron chi connectivity index (χ4n) is 3.25. The Kier molecular flexibility index (Phi) is 5.04. The van der Waals surface area contributed by atoms with E-state index in [1.165, 1.54) is 0 Å². The molecule has 1 aromatic carbocycles. The van der Waals surface area contributed by atoms with Gasteiger partial charge in [-0.3, -0.25) is 4.79 Å². The van der Waals surface area contributed by atoms with Crippen LogP contribution < -0.4 is 0 Å². The van der Waals surface area contributed by atoms with Crippen LogP contribution in [0.2, 0.25) is 0 Å². The number of piperidine rings is 1. The molecule has 124 valence electrons. The van der Waals surface area contributed by atoms with Crippen LogP contribution in [0, 0.1) is 0 Å². The molecule has 1 aliphatic rings. The van der Waals surface area contributed by atoms with E-state index in [1.54, 1.807) is 0 Å². The number of fused-ring (bicyclic) bond motifs is 1. The van der Waals surface area contributed by atoms with Crippen molar-refractivity contribution in [1.82, 2.24) is 14.8 Å². The highest BCUT2D eigenvalue weighted by Gasteiger charge is 2.26. The van der Waals surface area contributed by atoms with E-state index < -0.39 is 0 Å². The smallest absolute Gasteiger partial charge is 0.270 e. The summed E-state index contributed by atoms with van der Waals surface area (Å²) in [5.41, 5.74) is 1.62. The number of nitrogens with zero attached hydrogens (tertiary/aromatic N) is 2. The number of likely N-dealkylation sites (tertiary alicyclic amines) is 1. The molecular formula is C17H22BrN3O2. The SMILES string of the molecule is CN(CCO)C1CCN(C(=O)c2cc3c(Br)cccc3[nH]2)CC1. The molecule has 0 saturated carbocycles. The van der Waals surface area contributed by atoms with Crippen molar-refractivity contribution in [2.45, 2.75) is 18.9 Å². The van der Waals surface area contributed by atoms with Gasteiger partial charge in [0.05, 0.1) is 6.61 Å². The Bertz CT molecular complexity index is 692. The standard InChI is InChI=1S/C17H22BrN3O2/c1-20(9-10-22)12-5-7-21(8-6-12)17(23)16-11-13-14(18)3-2-4-15(13)19-16/h2-4,11-12,19,22H,5-10H2,1H3. The molecule has 1 amide bonds. The largest absolute Gasteiger partial charge is 0.395 e. The first-order chi connectivity index (χ1) is 11.1. The molecular weight excluding hydrogens is 358 g/mol. The van der Waals surface area contributed by atoms with E-state index in [2.05, 4.69) is 25.8 Å². The lowest BCUT2D eigenvalue weighted by atomic mass is 10.0. The zero-order valence-corrected chi connectivity index (χ0v) is 14.8. The van der Waals surface area contributed by atoms with Gasteiger partial charge in [-0.15, -0.1) is 0 Å². The third kappa shape index (κ3) is 3.44. The first kappa shape index (κ1) is 16.5. The van der Waals surface area contributed by atoms with Crippen LogP contribution in [0.25, 0.3) is 10.9 Å². The lowest BCUT2D eigenvalue weighted by Crippen LogP contribution is -2.46. The van der Waals surface area contributed by atoms with Gasteiger partial charge < -0.3 is 19.9 Å². The summed E-state index contributed by atoms with van der Waals surface area (Å²) in [6, 6.07) is 8.29. The van der Waals surface area contributed by atoms with Crippen molar-refractivity contribution in [2.75, 3.05) is 33.3 Å². The van der Waals surface area contributed by atoms with Crippen molar-refractivity contribution in [3.8, 4) is 0 Å². The number of carbonyl (C=O) groups is 1. The Balaban J connectivity index is 1.68. The molecule has 2 aromatic rings. The van der Waals surface area contributed by atoms with Gasteiger partial charge >= 0.3 is 0 Å². The number of amides is 1. The molecule has 0 bridgehead atoms. The summed E-state index contributed by atoms with van der Waals surface area (Å²) in [5, 5.41) is 10.1. The van der Waals surface area contributed by atoms with E-state index in [4.69, 9.17) is 5.11 Å². The number of rotatable bonds is 4. The maximum atomic E-state index is 12.7. The van der Waals surface area contributed by atoms with E-state index in [0.717, 1.165) is 41.3 Å². The number of aliphatic hydroxyl groups excluding tert-OH is 1. The third-order valence-electron chi connectivity index (χ3n) is 4.67. The van der Waals surface area contributed by atoms with Crippen LogP contribution in [0.4, 0.5) is 0 Å². The number of aromatic amines is 1. The molecule has 1 fully saturated rings. The lowest BCUT2D eigenvalue weighted by Gasteiger charge is -2.36. The van der Waals surface area contributed by atoms with Gasteiger partial charge in [-0.05, 0) is 38.1 Å². The van der Waals surface area contributed by atoms with E-state index in [0.29, 0.717) is 18.3 Å². The summed E-state index contributed by atoms with van der Waals surface area (Å²) in [7, 11) is 2.04. The zero-order valence-electron chi connectivity index (χ0n) is 13.3. The predicted molar refractivity (Wildman–Crippen MR) is 94.6 cm³/mol. The van der Waals surface area contributed by atoms with Crippen LogP contribution in [-0.4, -0.2) is 65.1 Å². The Labute approximate surface area is 144 Å². The van der Waals surface area contributed by atoms with E-state index >= 15 is 0 Å². The Hall–Kier alpha value is -1.37. The molecule has 0 spiro atoms. The minimum Gasteiger partial charge on any atom is -0.395 e. The fourth-order valence-corrected chi connectivity index (χ4v) is 3.73. The maximum absolute atomic E-state index is 12.7. The highest BCUT2D eigenvalue weighted by Crippen LogP contribution is 2.25. The average Bonchev–Trinajstić information content (AvgIpc) is 3.00. The summed E-state index contributed by atoms with van der Waals surface area (Å²) in [6.45, 7) is 2.39. The molecule has 3 rings (SSSR count). The molecule has 1 aromatic heterocycles. The topological polar surface area (TPSA) is 59.6 Å². The zero-order chi connectivity index (χ0) is 16.4. The van der Waals surface area contributed by atoms with Gasteiger partial charge in [-0.1, -0.05) is 22.0 Å². The van der Waals surface area contributed by atoms with Crippen LogP contribution >= 0.6 is 15.9 Å². The van der Waals surface area contributed by atoms with Crippen LogP contribution in [0.3, 0.4) is 0 Å². The number of aromatic nitrogens is 1. The second kappa shape index (κ2) is 7.03. The second-order valence-electron chi connectivity index (χ2n) is 6.11. The molecule has 0 unspecified atom stereocenters. The predicted octanol–water partition coefficient (Wildman–Crippen LogP) is 2.46. The first-order valence-corrected chi connectivity index (χ1v) is 8.77. The van der Waals surface area contributed by atoms with Crippen LogP contribution in [-0.2, 0) is 0 Å². The molecule has 0 radical (unpaired) electrons. The van der Waals surface area contributed by atoms with Crippen molar-refractivity contribution < 1.29 is 9.90 Å². The molecule has 2 N–H and O–H groups in total. The van der Waals surface area contributed by atoms with Gasteiger partial charge in [0.25, 0.3) is 5.91 Å². The molecule has 0 atom stereocenters. The normalized spacial score (nSPS) is 16.4. The summed E-state index contributed by atoms with van der Waals surface area (Å²) in [6.07, 6.45) is 1.90. The number of H-pyrrole nitrogens is 1. The van der Waals surface area contributed by atoms with Crippen molar-refractivity contribution >= 4 is 32.7 Å². The number of hydrogen-bond acceptors (Lipinski definition) is 3. The van der Waals surface area contributed by atoms with Gasteiger partial charge in [-0.2, -0.15) is 0 Å². The van der Waals surface area contributed by atoms with Gasteiger partial charge in [0.1, 0.15) is 5.69 Å². The third-order valence-corrected chi connectivity index (χ3v) is 5.36. The van der Waals surface area contributed by atoms with Crippen molar-refractivity contribution in [1.29, 1.82) is 0 Å². The average molecular weight is 380 g/mol. The maximum Gasteiger partial charge on any atom is 0.270 e. The van der Waals surface area contributed by atoms with Crippen LogP contribution in [0.15, 0.2) is 28.7 Å². The number of nitrogens with one attached hydrogen (secondary N) is 1. The summed E-state index contributed by atoms with van der Waals surface area (Å²) in [5.74, 6) is 0.0661. The number of halogens is 1. The molecule has 1 aliphatic heterocycles. The quantitative estimate of drug-likeness (QED) is 0.857. The minimum atomic E-state index is 0.0661. The van der Waals surface area contributed by atoms with Crippen LogP contribution in [0.1, 0.15) is 23.3 Å². The first-order valence-electron chi connectivity index (χ1n) is 7.97. The number of carbonyl (C=O) groups excluding carboxylic acids is 1. The molecule has 2 heterocycles. The van der Waals surface area contributed by atoms with Gasteiger partial charge in [0.15, 0.2) is 0 Å². The van der Waals surface area contributed by atoms with E-state index in [9.17, 15) is 4.79 Å². The highest BCUT2D eigenvalue weighted by molar-refractivity contribution is 9.10. The van der Waals surface area contributed by atoms with Gasteiger partial charge in [0.2, 0.25) is 0 Å². The summed E-state index contributed by atoms with van der Waals surface area (Å²) in [4.78, 5) is 20.0. The highest BCUT2D eigenvalue weighted by atomic mass is 79.9. The Morgan fingerprint density at radius 3 is 2.83 bits per heavy atom. The minimum absolute atomic E-state index is 0.0661. The van der Waals surface area contributed by atoms with Crippen molar-refractivity contribution in [3.05, 3.63) is 34.4 Å². The molecule has 6 heteroatoms. The molecule has 1 saturated heterocycles. The summed E-state index contributed by atoms with van der Waals surface area (Å²) < 4.78 is 0.995. The van der Waals surface area contributed by atoms with Gasteiger partial charge in [-0.25, -0.2) is 0 Å². The number of benzene rings is 1. The van der Waals surface area contributed by atoms with Crippen molar-refractivity contribution in [3.63, 3.8) is 0 Å². The van der Waals surface area contributed by atoms with Crippen LogP contribution in [0.5, 0.6) is 0 Å². The second-order valence-corrected chi connectivity index (χ2v) is 6.97. The number of hydrogen-bond donors (Lipinski definition) is 2. The van der Waals surface area contributed by atoms with E-state index in [1.807, 2.05) is 36.2 Å². The van der Waals surface area contributed by atoms with Crippen molar-refractivity contribution in [2.24, 2.45) is 0 Å². The monoisotopic (exact) mass is 379 g/mol. The Morgan fingerprint density at radius 2 is 2.17 bits per heavy atom. The summed E-state index contributed by atoms with van der Waals surface area (Å²) >= 11 is 3.52. The molecule has 5 nitrogen and oxygen atoms in total. The Morgan fingerprint density at radius 1 is 1.43 bits per heavy atom. The molecule has 0 aliphatic carbocycles. The number of likely N-dealkylation sites (N-methyl/N-ethyl adjacent to an activating group) is 1. The van der Waals surface area contributed by atoms with Gasteiger partial charge in [0, 0.05) is 41.1 Å². The molecule has 23 heavy (non-hydrogen) atoms. The lowest BCUT2D eigenvalue weighted by molar-refractivity contribution is 0.0624. The van der Waals surface area contributed by atoms with E-state index in [-0.39, 0.29) is 12.5 Å². The number of aliphatic hydroxyl groups is 1. The fraction of sp³-hybridized carbons (Fsp3) is 0.471.